The molecule has 0 spiro atoms. The molecule has 48 heavy (non-hydrogen) atoms. The summed E-state index contributed by atoms with van der Waals surface area (Å²) in [6.45, 7) is 4.60. The number of nitrogens with zero attached hydrogens (tertiary/aromatic N) is 2. The summed E-state index contributed by atoms with van der Waals surface area (Å²) >= 11 is 7.28. The van der Waals surface area contributed by atoms with E-state index in [9.17, 15) is 9.59 Å². The van der Waals surface area contributed by atoms with Crippen molar-refractivity contribution in [3.05, 3.63) is 150 Å². The molecule has 0 radical (unpaired) electrons. The predicted octanol–water partition coefficient (Wildman–Crippen LogP) is 6.58. The van der Waals surface area contributed by atoms with Crippen molar-refractivity contribution >= 4 is 40.7 Å². The van der Waals surface area contributed by atoms with Gasteiger partial charge in [-0.15, -0.1) is 0 Å². The average molecular weight is 681 g/mol. The molecule has 4 aromatic carbocycles. The molecule has 1 aliphatic rings. The van der Waals surface area contributed by atoms with Crippen LogP contribution in [-0.4, -0.2) is 30.9 Å². The number of carbonyl (C=O) groups excluding carboxylic acids is 1. The molecule has 1 aliphatic heterocycles. The van der Waals surface area contributed by atoms with Gasteiger partial charge in [0.2, 0.25) is 0 Å². The van der Waals surface area contributed by atoms with Gasteiger partial charge in [0.25, 0.3) is 5.56 Å². The summed E-state index contributed by atoms with van der Waals surface area (Å²) in [4.78, 5) is 33.3. The Morgan fingerprint density at radius 1 is 0.917 bits per heavy atom. The zero-order valence-corrected chi connectivity index (χ0v) is 28.2. The number of hydrogen-bond donors (Lipinski definition) is 0. The quantitative estimate of drug-likeness (QED) is 0.147. The molecule has 1 atom stereocenters. The van der Waals surface area contributed by atoms with Crippen molar-refractivity contribution in [3.8, 4) is 17.2 Å². The fourth-order valence-electron chi connectivity index (χ4n) is 5.44. The van der Waals surface area contributed by atoms with Crippen molar-refractivity contribution in [2.75, 3.05) is 20.3 Å². The summed E-state index contributed by atoms with van der Waals surface area (Å²) in [6.07, 6.45) is 1.80. The van der Waals surface area contributed by atoms with E-state index in [0.29, 0.717) is 50.5 Å². The van der Waals surface area contributed by atoms with Gasteiger partial charge in [0.05, 0.1) is 42.2 Å². The van der Waals surface area contributed by atoms with Crippen molar-refractivity contribution in [3.63, 3.8) is 0 Å². The molecule has 0 saturated heterocycles. The number of ether oxygens (including phenoxy) is 4. The number of fused-ring (bicyclic) bond motifs is 1. The van der Waals surface area contributed by atoms with Gasteiger partial charge in [-0.1, -0.05) is 83.6 Å². The molecule has 0 fully saturated rings. The topological polar surface area (TPSA) is 88.4 Å². The number of esters is 1. The maximum Gasteiger partial charge on any atom is 0.338 e. The normalized spacial score (nSPS) is 14.2. The summed E-state index contributed by atoms with van der Waals surface area (Å²) in [5.41, 5.74) is 3.64. The van der Waals surface area contributed by atoms with Gasteiger partial charge >= 0.3 is 5.97 Å². The van der Waals surface area contributed by atoms with Crippen LogP contribution in [0.1, 0.15) is 42.1 Å². The monoisotopic (exact) mass is 680 g/mol. The average Bonchev–Trinajstić information content (AvgIpc) is 3.42. The minimum atomic E-state index is -0.786. The zero-order chi connectivity index (χ0) is 33.6. The van der Waals surface area contributed by atoms with E-state index in [1.165, 1.54) is 11.3 Å². The number of hydrogen-bond acceptors (Lipinski definition) is 8. The maximum atomic E-state index is 14.3. The van der Waals surface area contributed by atoms with Crippen LogP contribution < -0.4 is 29.1 Å². The highest BCUT2D eigenvalue weighted by molar-refractivity contribution is 7.07. The van der Waals surface area contributed by atoms with Gasteiger partial charge in [-0.25, -0.2) is 9.79 Å². The smallest absolute Gasteiger partial charge is 0.338 e. The summed E-state index contributed by atoms with van der Waals surface area (Å²) in [6, 6.07) is 29.0. The van der Waals surface area contributed by atoms with Crippen LogP contribution in [0.2, 0.25) is 5.02 Å². The number of rotatable bonds is 11. The second-order valence-electron chi connectivity index (χ2n) is 10.8. The van der Waals surface area contributed by atoms with Gasteiger partial charge in [0, 0.05) is 10.6 Å². The lowest BCUT2D eigenvalue weighted by Gasteiger charge is -2.26. The van der Waals surface area contributed by atoms with Crippen LogP contribution in [-0.2, 0) is 16.1 Å². The van der Waals surface area contributed by atoms with Gasteiger partial charge < -0.3 is 18.9 Å². The second kappa shape index (κ2) is 14.8. The van der Waals surface area contributed by atoms with E-state index in [0.717, 1.165) is 22.3 Å². The molecule has 10 heteroatoms. The van der Waals surface area contributed by atoms with Crippen LogP contribution in [0.25, 0.3) is 11.8 Å². The minimum absolute atomic E-state index is 0.172. The van der Waals surface area contributed by atoms with Gasteiger partial charge in [-0.3, -0.25) is 9.36 Å². The lowest BCUT2D eigenvalue weighted by atomic mass is 9.93. The third-order valence-corrected chi connectivity index (χ3v) is 8.91. The first-order valence-corrected chi connectivity index (χ1v) is 16.7. The molecule has 0 saturated carbocycles. The van der Waals surface area contributed by atoms with Gasteiger partial charge in [-0.05, 0) is 73.0 Å². The van der Waals surface area contributed by atoms with E-state index in [1.54, 1.807) is 24.7 Å². The van der Waals surface area contributed by atoms with Crippen LogP contribution in [0, 0.1) is 0 Å². The lowest BCUT2D eigenvalue weighted by molar-refractivity contribution is -0.138. The van der Waals surface area contributed by atoms with Crippen LogP contribution in [0.4, 0.5) is 0 Å². The fraction of sp³-hybridized carbons (Fsp3) is 0.184. The maximum absolute atomic E-state index is 14.3. The van der Waals surface area contributed by atoms with E-state index in [1.807, 2.05) is 104 Å². The molecule has 0 N–H and O–H groups in total. The molecular weight excluding hydrogens is 648 g/mol. The number of thiazole rings is 1. The summed E-state index contributed by atoms with van der Waals surface area (Å²) in [5.74, 6) is 1.25. The molecule has 2 heterocycles. The number of halogens is 1. The number of carbonyl (C=O) groups is 1. The number of methoxy groups -OCH3 is 1. The van der Waals surface area contributed by atoms with Crippen LogP contribution in [0.15, 0.2) is 112 Å². The van der Waals surface area contributed by atoms with E-state index in [2.05, 4.69) is 0 Å². The Bertz CT molecular complexity index is 2140. The first-order chi connectivity index (χ1) is 23.4. The molecule has 0 unspecified atom stereocenters. The van der Waals surface area contributed by atoms with Gasteiger partial charge in [-0.2, -0.15) is 0 Å². The van der Waals surface area contributed by atoms with Crippen molar-refractivity contribution in [1.29, 1.82) is 0 Å². The Morgan fingerprint density at radius 3 is 2.35 bits per heavy atom. The SMILES string of the molecule is CCOC(=O)C1=C(c2ccccc2)N=c2s/c(=C\c3ccc(OCc4ccc(Cl)cc4)c(OCC)c3)c(=O)n2[C@H]1c1ccc(OC)cc1. The second-order valence-corrected chi connectivity index (χ2v) is 12.2. The highest BCUT2D eigenvalue weighted by atomic mass is 35.5. The van der Waals surface area contributed by atoms with E-state index in [-0.39, 0.29) is 17.7 Å². The van der Waals surface area contributed by atoms with Crippen molar-refractivity contribution in [2.24, 2.45) is 4.99 Å². The molecule has 0 bridgehead atoms. The first-order valence-electron chi connectivity index (χ1n) is 15.5. The van der Waals surface area contributed by atoms with E-state index in [4.69, 9.17) is 35.5 Å². The Hall–Kier alpha value is -5.12. The molecule has 1 aromatic heterocycles. The van der Waals surface area contributed by atoms with E-state index < -0.39 is 12.0 Å². The van der Waals surface area contributed by atoms with Crippen LogP contribution in [0.5, 0.6) is 17.2 Å². The molecule has 8 nitrogen and oxygen atoms in total. The summed E-state index contributed by atoms with van der Waals surface area (Å²) < 4.78 is 25.0. The van der Waals surface area contributed by atoms with Crippen LogP contribution in [0.3, 0.4) is 0 Å². The molecule has 0 aliphatic carbocycles. The Labute approximate surface area is 286 Å². The lowest BCUT2D eigenvalue weighted by Crippen LogP contribution is -2.40. The standard InChI is InChI=1S/C38H33ClN2O6S/c1-4-45-31-21-25(13-20-30(31)47-23-24-11-16-28(39)17-12-24)22-32-36(42)41-35(27-14-18-29(44-3)19-15-27)33(37(43)46-5-2)34(40-38(41)48-32)26-9-7-6-8-10-26/h6-22,35H,4-5,23H2,1-3H3/b32-22-/t35-/m0/s1. The third-order valence-electron chi connectivity index (χ3n) is 7.68. The Kier molecular flexibility index (Phi) is 10.1. The highest BCUT2D eigenvalue weighted by Crippen LogP contribution is 2.36. The van der Waals surface area contributed by atoms with Crippen molar-refractivity contribution < 1.29 is 23.7 Å². The van der Waals surface area contributed by atoms with Crippen LogP contribution >= 0.6 is 22.9 Å². The zero-order valence-electron chi connectivity index (χ0n) is 26.6. The first kappa shape index (κ1) is 32.8. The molecule has 5 aromatic rings. The predicted molar refractivity (Wildman–Crippen MR) is 187 cm³/mol. The summed E-state index contributed by atoms with van der Waals surface area (Å²) in [5, 5.41) is 0.659. The minimum Gasteiger partial charge on any atom is -0.497 e. The Balaban J connectivity index is 1.47. The number of benzene rings is 4. The van der Waals surface area contributed by atoms with Crippen molar-refractivity contribution in [2.45, 2.75) is 26.5 Å². The largest absolute Gasteiger partial charge is 0.497 e. The number of aromatic nitrogens is 1. The van der Waals surface area contributed by atoms with Gasteiger partial charge in [0.1, 0.15) is 12.4 Å². The summed E-state index contributed by atoms with van der Waals surface area (Å²) in [7, 11) is 1.59. The molecule has 0 amide bonds. The van der Waals surface area contributed by atoms with E-state index >= 15 is 0 Å². The molecular formula is C38H33ClN2O6S. The van der Waals surface area contributed by atoms with Gasteiger partial charge in [0.15, 0.2) is 16.3 Å². The highest BCUT2D eigenvalue weighted by Gasteiger charge is 2.35. The Morgan fingerprint density at radius 2 is 1.67 bits per heavy atom. The molecule has 6 rings (SSSR count). The molecule has 244 valence electrons. The van der Waals surface area contributed by atoms with Crippen molar-refractivity contribution in [1.82, 2.24) is 4.57 Å². The fourth-order valence-corrected chi connectivity index (χ4v) is 6.56. The third kappa shape index (κ3) is 6.93.